The number of anilines is 1. The predicted octanol–water partition coefficient (Wildman–Crippen LogP) is 3.26. The van der Waals surface area contributed by atoms with E-state index >= 15 is 0 Å². The second-order valence-electron chi connectivity index (χ2n) is 3.87. The standard InChI is InChI=1S/C13H8BrFN2O2S/c14-12-6-9(8-16)4-5-13(12)17-20(18,19)11-3-1-2-10(15)7-11/h1-7,17H. The van der Waals surface area contributed by atoms with Gasteiger partial charge in [-0.2, -0.15) is 5.26 Å². The van der Waals surface area contributed by atoms with E-state index in [1.807, 2.05) is 6.07 Å². The van der Waals surface area contributed by atoms with Crippen LogP contribution in [0.2, 0.25) is 0 Å². The molecule has 0 amide bonds. The number of hydrogen-bond donors (Lipinski definition) is 1. The molecule has 2 rings (SSSR count). The molecule has 0 aliphatic carbocycles. The molecule has 0 bridgehead atoms. The minimum Gasteiger partial charge on any atom is -0.278 e. The molecule has 0 unspecified atom stereocenters. The maximum absolute atomic E-state index is 13.1. The van der Waals surface area contributed by atoms with Gasteiger partial charge in [0.1, 0.15) is 5.82 Å². The van der Waals surface area contributed by atoms with Gasteiger partial charge in [0.2, 0.25) is 0 Å². The van der Waals surface area contributed by atoms with Crippen LogP contribution in [0.1, 0.15) is 5.56 Å². The Balaban J connectivity index is 2.36. The zero-order chi connectivity index (χ0) is 14.8. The van der Waals surface area contributed by atoms with Gasteiger partial charge in [0.05, 0.1) is 22.2 Å². The van der Waals surface area contributed by atoms with Crippen LogP contribution in [0.25, 0.3) is 0 Å². The van der Waals surface area contributed by atoms with E-state index < -0.39 is 15.8 Å². The highest BCUT2D eigenvalue weighted by molar-refractivity contribution is 9.10. The molecule has 0 aliphatic rings. The summed E-state index contributed by atoms with van der Waals surface area (Å²) in [4.78, 5) is -0.172. The fourth-order valence-corrected chi connectivity index (χ4v) is 3.23. The molecule has 4 nitrogen and oxygen atoms in total. The lowest BCUT2D eigenvalue weighted by Crippen LogP contribution is -2.13. The molecule has 0 saturated heterocycles. The van der Waals surface area contributed by atoms with Crippen molar-refractivity contribution in [3.05, 3.63) is 58.3 Å². The van der Waals surface area contributed by atoms with Crippen molar-refractivity contribution in [1.29, 1.82) is 5.26 Å². The van der Waals surface area contributed by atoms with Gasteiger partial charge in [-0.05, 0) is 52.3 Å². The maximum atomic E-state index is 13.1. The molecule has 2 aromatic rings. The van der Waals surface area contributed by atoms with Crippen molar-refractivity contribution in [2.75, 3.05) is 4.72 Å². The molecule has 0 atom stereocenters. The van der Waals surface area contributed by atoms with Crippen LogP contribution in [-0.2, 0) is 10.0 Å². The molecule has 20 heavy (non-hydrogen) atoms. The summed E-state index contributed by atoms with van der Waals surface area (Å²) in [6.07, 6.45) is 0. The maximum Gasteiger partial charge on any atom is 0.262 e. The Morgan fingerprint density at radius 1 is 1.20 bits per heavy atom. The Kier molecular flexibility index (Phi) is 4.06. The van der Waals surface area contributed by atoms with Crippen molar-refractivity contribution < 1.29 is 12.8 Å². The lowest BCUT2D eigenvalue weighted by molar-refractivity contribution is 0.595. The summed E-state index contributed by atoms with van der Waals surface area (Å²) in [5.74, 6) is -0.633. The smallest absolute Gasteiger partial charge is 0.262 e. The number of benzene rings is 2. The Bertz CT molecular complexity index is 800. The van der Waals surface area contributed by atoms with Crippen LogP contribution < -0.4 is 4.72 Å². The van der Waals surface area contributed by atoms with Gasteiger partial charge in [0.25, 0.3) is 10.0 Å². The minimum absolute atomic E-state index is 0.172. The number of nitrogens with zero attached hydrogens (tertiary/aromatic N) is 1. The number of halogens is 2. The number of nitrogens with one attached hydrogen (secondary N) is 1. The first-order valence-electron chi connectivity index (χ1n) is 5.40. The SMILES string of the molecule is N#Cc1ccc(NS(=O)(=O)c2cccc(F)c2)c(Br)c1. The third-order valence-electron chi connectivity index (χ3n) is 2.45. The lowest BCUT2D eigenvalue weighted by Gasteiger charge is -2.10. The molecular formula is C13H8BrFN2O2S. The zero-order valence-electron chi connectivity index (χ0n) is 9.97. The summed E-state index contributed by atoms with van der Waals surface area (Å²) in [7, 11) is -3.88. The van der Waals surface area contributed by atoms with Crippen molar-refractivity contribution in [3.63, 3.8) is 0 Å². The van der Waals surface area contributed by atoms with Crippen LogP contribution in [0.15, 0.2) is 51.8 Å². The van der Waals surface area contributed by atoms with Crippen LogP contribution in [0.4, 0.5) is 10.1 Å². The normalized spacial score (nSPS) is 10.8. The van der Waals surface area contributed by atoms with Gasteiger partial charge in [-0.25, -0.2) is 12.8 Å². The molecular weight excluding hydrogens is 347 g/mol. The van der Waals surface area contributed by atoms with Gasteiger partial charge in [-0.3, -0.25) is 4.72 Å². The van der Waals surface area contributed by atoms with Gasteiger partial charge >= 0.3 is 0 Å². The first-order valence-corrected chi connectivity index (χ1v) is 7.68. The molecule has 0 fully saturated rings. The third kappa shape index (κ3) is 3.15. The minimum atomic E-state index is -3.88. The van der Waals surface area contributed by atoms with Crippen LogP contribution in [-0.4, -0.2) is 8.42 Å². The summed E-state index contributed by atoms with van der Waals surface area (Å²) < 4.78 is 40.0. The highest BCUT2D eigenvalue weighted by atomic mass is 79.9. The Morgan fingerprint density at radius 3 is 2.55 bits per heavy atom. The number of nitriles is 1. The van der Waals surface area contributed by atoms with Crippen molar-refractivity contribution in [2.24, 2.45) is 0 Å². The molecule has 7 heteroatoms. The van der Waals surface area contributed by atoms with Gasteiger partial charge in [0.15, 0.2) is 0 Å². The first kappa shape index (κ1) is 14.5. The van der Waals surface area contributed by atoms with E-state index in [9.17, 15) is 12.8 Å². The number of hydrogen-bond acceptors (Lipinski definition) is 3. The van der Waals surface area contributed by atoms with E-state index in [0.29, 0.717) is 10.0 Å². The number of sulfonamides is 1. The fraction of sp³-hybridized carbons (Fsp3) is 0. The molecule has 0 aromatic heterocycles. The molecule has 0 spiro atoms. The van der Waals surface area contributed by atoms with Crippen molar-refractivity contribution in [1.82, 2.24) is 0 Å². The van der Waals surface area contributed by atoms with Crippen LogP contribution in [0, 0.1) is 17.1 Å². The molecule has 2 aromatic carbocycles. The van der Waals surface area contributed by atoms with E-state index in [1.165, 1.54) is 30.3 Å². The summed E-state index contributed by atoms with van der Waals surface area (Å²) in [6, 6.07) is 11.1. The van der Waals surface area contributed by atoms with E-state index in [0.717, 1.165) is 12.1 Å². The van der Waals surface area contributed by atoms with Crippen LogP contribution in [0.3, 0.4) is 0 Å². The first-order chi connectivity index (χ1) is 9.42. The monoisotopic (exact) mass is 354 g/mol. The Hall–Kier alpha value is -1.91. The van der Waals surface area contributed by atoms with Gasteiger partial charge < -0.3 is 0 Å². The second kappa shape index (κ2) is 5.61. The highest BCUT2D eigenvalue weighted by Gasteiger charge is 2.16. The lowest BCUT2D eigenvalue weighted by atomic mass is 10.2. The van der Waals surface area contributed by atoms with Gasteiger partial charge in [-0.15, -0.1) is 0 Å². The quantitative estimate of drug-likeness (QED) is 0.919. The zero-order valence-corrected chi connectivity index (χ0v) is 12.4. The molecule has 1 N–H and O–H groups in total. The summed E-state index contributed by atoms with van der Waals surface area (Å²) in [5.41, 5.74) is 0.666. The highest BCUT2D eigenvalue weighted by Crippen LogP contribution is 2.26. The molecule has 0 radical (unpaired) electrons. The second-order valence-corrected chi connectivity index (χ2v) is 6.41. The van der Waals surface area contributed by atoms with E-state index in [2.05, 4.69) is 20.7 Å². The molecule has 0 aliphatic heterocycles. The fourth-order valence-electron chi connectivity index (χ4n) is 1.51. The molecule has 0 saturated carbocycles. The summed E-state index contributed by atoms with van der Waals surface area (Å²) in [5, 5.41) is 8.74. The summed E-state index contributed by atoms with van der Waals surface area (Å²) >= 11 is 3.18. The average Bonchev–Trinajstić information content (AvgIpc) is 2.41. The van der Waals surface area contributed by atoms with E-state index in [-0.39, 0.29) is 10.6 Å². The summed E-state index contributed by atoms with van der Waals surface area (Å²) in [6.45, 7) is 0. The van der Waals surface area contributed by atoms with Gasteiger partial charge in [-0.1, -0.05) is 6.07 Å². The largest absolute Gasteiger partial charge is 0.278 e. The van der Waals surface area contributed by atoms with Gasteiger partial charge in [0, 0.05) is 4.47 Å². The van der Waals surface area contributed by atoms with E-state index in [1.54, 1.807) is 0 Å². The molecule has 102 valence electrons. The molecule has 0 heterocycles. The number of rotatable bonds is 3. The van der Waals surface area contributed by atoms with Crippen molar-refractivity contribution >= 4 is 31.6 Å². The van der Waals surface area contributed by atoms with Crippen molar-refractivity contribution in [2.45, 2.75) is 4.90 Å². The average molecular weight is 355 g/mol. The topological polar surface area (TPSA) is 70.0 Å². The Labute approximate surface area is 124 Å². The van der Waals surface area contributed by atoms with E-state index in [4.69, 9.17) is 5.26 Å². The van der Waals surface area contributed by atoms with Crippen molar-refractivity contribution in [3.8, 4) is 6.07 Å². The Morgan fingerprint density at radius 2 is 1.95 bits per heavy atom. The predicted molar refractivity (Wildman–Crippen MR) is 76.1 cm³/mol. The third-order valence-corrected chi connectivity index (χ3v) is 4.47. The van der Waals surface area contributed by atoms with Crippen LogP contribution in [0.5, 0.6) is 0 Å². The van der Waals surface area contributed by atoms with Crippen LogP contribution >= 0.6 is 15.9 Å².